The van der Waals surface area contributed by atoms with Crippen molar-refractivity contribution in [3.63, 3.8) is 0 Å². The largest absolute Gasteiger partial charge is 0.440 e. The molecule has 2 aliphatic rings. The number of fused-ring (bicyclic) bond motifs is 1. The maximum Gasteiger partial charge on any atom is 0.322 e. The van der Waals surface area contributed by atoms with Crippen LogP contribution in [0, 0.1) is 0 Å². The van der Waals surface area contributed by atoms with Gasteiger partial charge in [0, 0.05) is 36.9 Å². The molecule has 0 unspecified atom stereocenters. The van der Waals surface area contributed by atoms with Crippen molar-refractivity contribution in [2.75, 3.05) is 18.5 Å². The molecule has 0 atom stereocenters. The molecule has 0 spiro atoms. The standard InChI is InChI=1S/C18H23N3O3/c22-10-2-1-9-21(14-6-7-14)18(23)19-13-5-8-15-16(11-13)24-17(20-15)12-3-4-12/h5,8,11-12,14,22H,1-4,6-7,9-10H2,(H,19,23). The first-order chi connectivity index (χ1) is 11.7. The molecule has 0 radical (unpaired) electrons. The Bertz CT molecular complexity index is 734. The van der Waals surface area contributed by atoms with E-state index in [1.807, 2.05) is 23.1 Å². The van der Waals surface area contributed by atoms with Crippen LogP contribution in [0.15, 0.2) is 22.6 Å². The second-order valence-corrected chi connectivity index (χ2v) is 6.79. The number of carbonyl (C=O) groups is 1. The number of anilines is 1. The predicted octanol–water partition coefficient (Wildman–Crippen LogP) is 3.47. The molecule has 2 fully saturated rings. The summed E-state index contributed by atoms with van der Waals surface area (Å²) in [5, 5.41) is 11.9. The van der Waals surface area contributed by atoms with E-state index in [2.05, 4.69) is 10.3 Å². The van der Waals surface area contributed by atoms with Crippen LogP contribution in [0.2, 0.25) is 0 Å². The maximum absolute atomic E-state index is 12.6. The van der Waals surface area contributed by atoms with Crippen LogP contribution in [0.4, 0.5) is 10.5 Å². The predicted molar refractivity (Wildman–Crippen MR) is 91.1 cm³/mol. The number of urea groups is 1. The van der Waals surface area contributed by atoms with Gasteiger partial charge in [0.05, 0.1) is 0 Å². The summed E-state index contributed by atoms with van der Waals surface area (Å²) in [6.45, 7) is 0.860. The van der Waals surface area contributed by atoms with Crippen molar-refractivity contribution in [3.8, 4) is 0 Å². The number of unbranched alkanes of at least 4 members (excludes halogenated alkanes) is 1. The van der Waals surface area contributed by atoms with Crippen LogP contribution in [0.1, 0.15) is 50.3 Å². The molecule has 1 aromatic carbocycles. The van der Waals surface area contributed by atoms with Crippen molar-refractivity contribution < 1.29 is 14.3 Å². The average molecular weight is 329 g/mol. The summed E-state index contributed by atoms with van der Waals surface area (Å²) in [6, 6.07) is 5.90. The van der Waals surface area contributed by atoms with Gasteiger partial charge >= 0.3 is 6.03 Å². The van der Waals surface area contributed by atoms with E-state index in [1.165, 1.54) is 0 Å². The number of oxazole rings is 1. The van der Waals surface area contributed by atoms with Gasteiger partial charge in [-0.05, 0) is 50.7 Å². The van der Waals surface area contributed by atoms with Crippen molar-refractivity contribution in [3.05, 3.63) is 24.1 Å². The lowest BCUT2D eigenvalue weighted by Crippen LogP contribution is -2.37. The van der Waals surface area contributed by atoms with Gasteiger partial charge in [-0.25, -0.2) is 9.78 Å². The minimum atomic E-state index is -0.0725. The zero-order chi connectivity index (χ0) is 16.5. The number of benzene rings is 1. The Morgan fingerprint density at radius 1 is 1.29 bits per heavy atom. The number of nitrogens with zero attached hydrogens (tertiary/aromatic N) is 2. The lowest BCUT2D eigenvalue weighted by molar-refractivity contribution is 0.204. The molecule has 1 heterocycles. The molecule has 0 saturated heterocycles. The van der Waals surface area contributed by atoms with E-state index >= 15 is 0 Å². The number of carbonyl (C=O) groups excluding carboxylic acids is 1. The zero-order valence-corrected chi connectivity index (χ0v) is 13.7. The summed E-state index contributed by atoms with van der Waals surface area (Å²) >= 11 is 0. The van der Waals surface area contributed by atoms with Crippen LogP contribution in [-0.2, 0) is 0 Å². The number of nitrogens with one attached hydrogen (secondary N) is 1. The number of aromatic nitrogens is 1. The highest BCUT2D eigenvalue weighted by Gasteiger charge is 2.32. The minimum Gasteiger partial charge on any atom is -0.440 e. The Morgan fingerprint density at radius 3 is 2.83 bits per heavy atom. The molecule has 6 nitrogen and oxygen atoms in total. The number of rotatable bonds is 7. The molecule has 2 amide bonds. The summed E-state index contributed by atoms with van der Waals surface area (Å²) in [5.41, 5.74) is 2.31. The highest BCUT2D eigenvalue weighted by Crippen LogP contribution is 2.40. The molecule has 0 aliphatic heterocycles. The van der Waals surface area contributed by atoms with E-state index in [-0.39, 0.29) is 12.6 Å². The van der Waals surface area contributed by atoms with Gasteiger partial charge < -0.3 is 19.7 Å². The first-order valence-electron chi connectivity index (χ1n) is 8.83. The Balaban J connectivity index is 1.44. The summed E-state index contributed by atoms with van der Waals surface area (Å²) in [7, 11) is 0. The maximum atomic E-state index is 12.6. The molecule has 24 heavy (non-hydrogen) atoms. The number of hydrogen-bond donors (Lipinski definition) is 2. The molecule has 2 aliphatic carbocycles. The van der Waals surface area contributed by atoms with Crippen molar-refractivity contribution in [2.45, 2.75) is 50.5 Å². The molecule has 2 N–H and O–H groups in total. The summed E-state index contributed by atoms with van der Waals surface area (Å²) in [5.74, 6) is 1.30. The zero-order valence-electron chi connectivity index (χ0n) is 13.7. The smallest absolute Gasteiger partial charge is 0.322 e. The number of aliphatic hydroxyl groups excluding tert-OH is 1. The van der Waals surface area contributed by atoms with Crippen LogP contribution >= 0.6 is 0 Å². The number of aliphatic hydroxyl groups is 1. The Kier molecular flexibility index (Phi) is 4.14. The van der Waals surface area contributed by atoms with E-state index in [4.69, 9.17) is 9.52 Å². The van der Waals surface area contributed by atoms with Crippen LogP contribution in [0.5, 0.6) is 0 Å². The molecule has 6 heteroatoms. The Morgan fingerprint density at radius 2 is 2.12 bits per heavy atom. The van der Waals surface area contributed by atoms with Crippen LogP contribution in [0.25, 0.3) is 11.1 Å². The lowest BCUT2D eigenvalue weighted by atomic mass is 10.3. The fraction of sp³-hybridized carbons (Fsp3) is 0.556. The van der Waals surface area contributed by atoms with Crippen LogP contribution in [-0.4, -0.2) is 40.2 Å². The van der Waals surface area contributed by atoms with Crippen molar-refractivity contribution in [1.82, 2.24) is 9.88 Å². The van der Waals surface area contributed by atoms with Gasteiger partial charge in [0.2, 0.25) is 0 Å². The first-order valence-corrected chi connectivity index (χ1v) is 8.83. The third-order valence-corrected chi connectivity index (χ3v) is 4.64. The van der Waals surface area contributed by atoms with Gasteiger partial charge in [0.1, 0.15) is 5.52 Å². The monoisotopic (exact) mass is 329 g/mol. The topological polar surface area (TPSA) is 78.6 Å². The number of amides is 2. The number of hydrogen-bond acceptors (Lipinski definition) is 4. The first kappa shape index (κ1) is 15.4. The highest BCUT2D eigenvalue weighted by molar-refractivity contribution is 5.92. The van der Waals surface area contributed by atoms with Gasteiger partial charge in [-0.1, -0.05) is 0 Å². The molecular formula is C18H23N3O3. The lowest BCUT2D eigenvalue weighted by Gasteiger charge is -2.22. The van der Waals surface area contributed by atoms with E-state index in [9.17, 15) is 4.79 Å². The molecular weight excluding hydrogens is 306 g/mol. The van der Waals surface area contributed by atoms with E-state index in [0.717, 1.165) is 61.2 Å². The van der Waals surface area contributed by atoms with Gasteiger partial charge in [-0.3, -0.25) is 0 Å². The van der Waals surface area contributed by atoms with Crippen molar-refractivity contribution in [2.24, 2.45) is 0 Å². The molecule has 4 rings (SSSR count). The van der Waals surface area contributed by atoms with Crippen LogP contribution in [0.3, 0.4) is 0 Å². The molecule has 0 bridgehead atoms. The summed E-state index contributed by atoms with van der Waals surface area (Å²) in [6.07, 6.45) is 5.99. The van der Waals surface area contributed by atoms with Gasteiger partial charge in [0.15, 0.2) is 11.5 Å². The summed E-state index contributed by atoms with van der Waals surface area (Å²) in [4.78, 5) is 18.9. The minimum absolute atomic E-state index is 0.0725. The van der Waals surface area contributed by atoms with E-state index < -0.39 is 0 Å². The summed E-state index contributed by atoms with van der Waals surface area (Å²) < 4.78 is 5.81. The van der Waals surface area contributed by atoms with Gasteiger partial charge in [-0.15, -0.1) is 0 Å². The Labute approximate surface area is 140 Å². The normalized spacial score (nSPS) is 17.2. The van der Waals surface area contributed by atoms with Gasteiger partial charge in [-0.2, -0.15) is 0 Å². The quantitative estimate of drug-likeness (QED) is 0.762. The third kappa shape index (κ3) is 3.38. The second kappa shape index (κ2) is 6.43. The average Bonchev–Trinajstić information content (AvgIpc) is 3.48. The molecule has 2 aromatic rings. The molecule has 128 valence electrons. The van der Waals surface area contributed by atoms with Gasteiger partial charge in [0.25, 0.3) is 0 Å². The molecule has 1 aromatic heterocycles. The fourth-order valence-electron chi connectivity index (χ4n) is 2.95. The van der Waals surface area contributed by atoms with Crippen LogP contribution < -0.4 is 5.32 Å². The SMILES string of the molecule is O=C(Nc1ccc2nc(C3CC3)oc2c1)N(CCCCO)C1CC1. The highest BCUT2D eigenvalue weighted by atomic mass is 16.3. The van der Waals surface area contributed by atoms with E-state index in [0.29, 0.717) is 18.5 Å². The van der Waals surface area contributed by atoms with Crippen molar-refractivity contribution in [1.29, 1.82) is 0 Å². The van der Waals surface area contributed by atoms with E-state index in [1.54, 1.807) is 0 Å². The Hall–Kier alpha value is -2.08. The molecule has 2 saturated carbocycles. The second-order valence-electron chi connectivity index (χ2n) is 6.79. The third-order valence-electron chi connectivity index (χ3n) is 4.64. The fourth-order valence-corrected chi connectivity index (χ4v) is 2.95. The van der Waals surface area contributed by atoms with Crippen molar-refractivity contribution >= 4 is 22.8 Å².